The lowest BCUT2D eigenvalue weighted by molar-refractivity contribution is 0.171. The zero-order valence-electron chi connectivity index (χ0n) is 12.2. The fourth-order valence-corrected chi connectivity index (χ4v) is 2.74. The first-order chi connectivity index (χ1) is 10.3. The Balaban J connectivity index is 0.00000176. The third-order valence-electron chi connectivity index (χ3n) is 3.03. The molecular formula is C13H18ClN5O2S. The van der Waals surface area contributed by atoms with Crippen molar-refractivity contribution >= 4 is 24.2 Å². The molecule has 0 aliphatic carbocycles. The van der Waals surface area contributed by atoms with E-state index in [0.29, 0.717) is 13.2 Å². The molecule has 7 nitrogen and oxygen atoms in total. The molecule has 2 aromatic rings. The number of rotatable bonds is 6. The van der Waals surface area contributed by atoms with Gasteiger partial charge in [-0.25, -0.2) is 4.68 Å². The van der Waals surface area contributed by atoms with Crippen LogP contribution in [0.25, 0.3) is 0 Å². The van der Waals surface area contributed by atoms with Crippen LogP contribution in [-0.4, -0.2) is 45.7 Å². The van der Waals surface area contributed by atoms with Gasteiger partial charge in [-0.3, -0.25) is 0 Å². The van der Waals surface area contributed by atoms with Crippen LogP contribution in [0.2, 0.25) is 0 Å². The maximum Gasteiger partial charge on any atom is 0.209 e. The number of tetrazole rings is 1. The summed E-state index contributed by atoms with van der Waals surface area (Å²) in [5.41, 5.74) is 1.18. The van der Waals surface area contributed by atoms with Crippen molar-refractivity contribution in [3.05, 3.63) is 23.8 Å². The number of aryl methyl sites for hydroxylation is 1. The first-order valence-electron chi connectivity index (χ1n) is 6.77. The molecule has 1 aromatic heterocycles. The van der Waals surface area contributed by atoms with Gasteiger partial charge in [0.1, 0.15) is 13.2 Å². The summed E-state index contributed by atoms with van der Waals surface area (Å²) in [6, 6.07) is 6.05. The molecule has 1 N–H and O–H groups in total. The molecule has 1 aromatic carbocycles. The van der Waals surface area contributed by atoms with E-state index in [4.69, 9.17) is 9.47 Å². The lowest BCUT2D eigenvalue weighted by Gasteiger charge is -2.18. The van der Waals surface area contributed by atoms with Crippen molar-refractivity contribution < 1.29 is 9.47 Å². The van der Waals surface area contributed by atoms with E-state index in [1.54, 1.807) is 16.4 Å². The van der Waals surface area contributed by atoms with Crippen molar-refractivity contribution in [1.82, 2.24) is 25.5 Å². The number of benzene rings is 1. The number of nitrogens with one attached hydrogen (secondary N) is 1. The number of nitrogens with zero attached hydrogens (tertiary/aromatic N) is 4. The number of ether oxygens (including phenoxy) is 2. The Morgan fingerprint density at radius 1 is 1.27 bits per heavy atom. The third-order valence-corrected chi connectivity index (χ3v) is 4.04. The van der Waals surface area contributed by atoms with Gasteiger partial charge >= 0.3 is 0 Å². The molecule has 1 aliphatic heterocycles. The number of hydrogen-bond donors (Lipinski definition) is 1. The molecule has 3 rings (SSSR count). The molecule has 0 radical (unpaired) electrons. The van der Waals surface area contributed by atoms with Crippen LogP contribution in [0, 0.1) is 0 Å². The summed E-state index contributed by atoms with van der Waals surface area (Å²) in [6.45, 7) is 2.92. The normalized spacial score (nSPS) is 12.8. The van der Waals surface area contributed by atoms with Crippen LogP contribution in [0.5, 0.6) is 11.5 Å². The number of hydrogen-bond acceptors (Lipinski definition) is 7. The standard InChI is InChI=1S/C13H17N5O2S.ClH/c1-18-13(15-16-17-18)21-7-4-14-9-10-2-3-11-12(8-10)20-6-5-19-11;/h2-3,8,14H,4-7,9H2,1H3;1H. The lowest BCUT2D eigenvalue weighted by Crippen LogP contribution is -2.18. The molecule has 0 unspecified atom stereocenters. The Hall–Kier alpha value is -1.51. The predicted octanol–water partition coefficient (Wildman–Crippen LogP) is 1.28. The minimum Gasteiger partial charge on any atom is -0.486 e. The van der Waals surface area contributed by atoms with Crippen LogP contribution in [0.1, 0.15) is 5.56 Å². The Morgan fingerprint density at radius 3 is 2.86 bits per heavy atom. The Labute approximate surface area is 139 Å². The second kappa shape index (κ2) is 8.21. The van der Waals surface area contributed by atoms with Gasteiger partial charge in [0.25, 0.3) is 0 Å². The summed E-state index contributed by atoms with van der Waals surface area (Å²) >= 11 is 1.63. The third kappa shape index (κ3) is 4.25. The van der Waals surface area contributed by atoms with Gasteiger partial charge in [0.05, 0.1) is 0 Å². The van der Waals surface area contributed by atoms with Gasteiger partial charge in [-0.15, -0.1) is 17.5 Å². The average molecular weight is 344 g/mol. The molecule has 9 heteroatoms. The zero-order chi connectivity index (χ0) is 14.5. The van der Waals surface area contributed by atoms with E-state index in [9.17, 15) is 0 Å². The van der Waals surface area contributed by atoms with Crippen molar-refractivity contribution in [3.8, 4) is 11.5 Å². The number of halogens is 1. The average Bonchev–Trinajstić information content (AvgIpc) is 2.92. The van der Waals surface area contributed by atoms with Gasteiger partial charge in [0, 0.05) is 25.9 Å². The van der Waals surface area contributed by atoms with Gasteiger partial charge in [0.2, 0.25) is 5.16 Å². The molecule has 0 fully saturated rings. The van der Waals surface area contributed by atoms with E-state index in [1.807, 2.05) is 19.2 Å². The van der Waals surface area contributed by atoms with Gasteiger partial charge < -0.3 is 14.8 Å². The number of thioether (sulfide) groups is 1. The highest BCUT2D eigenvalue weighted by atomic mass is 35.5. The van der Waals surface area contributed by atoms with E-state index >= 15 is 0 Å². The molecule has 0 bridgehead atoms. The first kappa shape index (κ1) is 16.9. The van der Waals surface area contributed by atoms with Crippen LogP contribution >= 0.6 is 24.2 Å². The molecule has 0 saturated carbocycles. The highest BCUT2D eigenvalue weighted by molar-refractivity contribution is 7.99. The molecule has 0 amide bonds. The highest BCUT2D eigenvalue weighted by Crippen LogP contribution is 2.30. The minimum atomic E-state index is 0. The molecule has 1 aliphatic rings. The molecule has 2 heterocycles. The predicted molar refractivity (Wildman–Crippen MR) is 85.9 cm³/mol. The van der Waals surface area contributed by atoms with Crippen LogP contribution in [0.15, 0.2) is 23.4 Å². The molecule has 0 spiro atoms. The zero-order valence-corrected chi connectivity index (χ0v) is 13.8. The monoisotopic (exact) mass is 343 g/mol. The smallest absolute Gasteiger partial charge is 0.209 e. The minimum absolute atomic E-state index is 0. The first-order valence-corrected chi connectivity index (χ1v) is 7.76. The van der Waals surface area contributed by atoms with Crippen molar-refractivity contribution in [1.29, 1.82) is 0 Å². The van der Waals surface area contributed by atoms with Crippen LogP contribution in [0.3, 0.4) is 0 Å². The van der Waals surface area contributed by atoms with Crippen LogP contribution in [0.4, 0.5) is 0 Å². The van der Waals surface area contributed by atoms with E-state index in [0.717, 1.165) is 35.5 Å². The largest absolute Gasteiger partial charge is 0.486 e. The topological polar surface area (TPSA) is 74.1 Å². The number of aromatic nitrogens is 4. The van der Waals surface area contributed by atoms with Crippen molar-refractivity contribution in [3.63, 3.8) is 0 Å². The van der Waals surface area contributed by atoms with E-state index in [-0.39, 0.29) is 12.4 Å². The quantitative estimate of drug-likeness (QED) is 0.625. The fraction of sp³-hybridized carbons (Fsp3) is 0.462. The molecular weight excluding hydrogens is 326 g/mol. The Kier molecular flexibility index (Phi) is 6.29. The Morgan fingerprint density at radius 2 is 2.09 bits per heavy atom. The number of fused-ring (bicyclic) bond motifs is 1. The van der Waals surface area contributed by atoms with Gasteiger partial charge in [-0.05, 0) is 28.1 Å². The second-order valence-electron chi connectivity index (χ2n) is 4.59. The lowest BCUT2D eigenvalue weighted by atomic mass is 10.2. The second-order valence-corrected chi connectivity index (χ2v) is 5.65. The molecule has 0 atom stereocenters. The summed E-state index contributed by atoms with van der Waals surface area (Å²) in [5, 5.41) is 15.5. The summed E-state index contributed by atoms with van der Waals surface area (Å²) in [6.07, 6.45) is 0. The summed E-state index contributed by atoms with van der Waals surface area (Å²) in [7, 11) is 1.84. The SMILES string of the molecule is Cl.Cn1nnnc1SCCNCc1ccc2c(c1)OCCO2. The van der Waals surface area contributed by atoms with Gasteiger partial charge in [0.15, 0.2) is 11.5 Å². The molecule has 120 valence electrons. The maximum atomic E-state index is 5.57. The van der Waals surface area contributed by atoms with Crippen molar-refractivity contribution in [2.45, 2.75) is 11.7 Å². The summed E-state index contributed by atoms with van der Waals surface area (Å²) < 4.78 is 12.7. The summed E-state index contributed by atoms with van der Waals surface area (Å²) in [5.74, 6) is 2.58. The van der Waals surface area contributed by atoms with E-state index in [1.165, 1.54) is 5.56 Å². The van der Waals surface area contributed by atoms with Crippen LogP contribution in [-0.2, 0) is 13.6 Å². The maximum absolute atomic E-state index is 5.57. The Bertz CT molecular complexity index is 610. The fourth-order valence-electron chi connectivity index (χ4n) is 1.99. The summed E-state index contributed by atoms with van der Waals surface area (Å²) in [4.78, 5) is 0. The van der Waals surface area contributed by atoms with E-state index < -0.39 is 0 Å². The molecule has 22 heavy (non-hydrogen) atoms. The highest BCUT2D eigenvalue weighted by Gasteiger charge is 2.11. The van der Waals surface area contributed by atoms with Crippen LogP contribution < -0.4 is 14.8 Å². The van der Waals surface area contributed by atoms with Gasteiger partial charge in [-0.1, -0.05) is 17.8 Å². The van der Waals surface area contributed by atoms with E-state index in [2.05, 4.69) is 26.9 Å². The van der Waals surface area contributed by atoms with Crippen molar-refractivity contribution in [2.24, 2.45) is 7.05 Å². The van der Waals surface area contributed by atoms with Crippen molar-refractivity contribution in [2.75, 3.05) is 25.5 Å². The van der Waals surface area contributed by atoms with Gasteiger partial charge in [-0.2, -0.15) is 0 Å². The molecule has 0 saturated heterocycles.